The first-order chi connectivity index (χ1) is 14.0. The van der Waals surface area contributed by atoms with Crippen LogP contribution in [0.5, 0.6) is 0 Å². The van der Waals surface area contributed by atoms with Crippen molar-refractivity contribution in [3.63, 3.8) is 0 Å². The van der Waals surface area contributed by atoms with Gasteiger partial charge in [0.2, 0.25) is 5.60 Å². The molecule has 4 heterocycles. The van der Waals surface area contributed by atoms with Gasteiger partial charge in [0.25, 0.3) is 5.91 Å². The van der Waals surface area contributed by atoms with E-state index in [1.807, 2.05) is 17.5 Å². The molecule has 1 amide bonds. The molecule has 0 bridgehead atoms. The molecular formula is C20H17Cl2N3O2S2. The molecule has 2 aliphatic rings. The number of carbonyl (C=O) groups is 1. The second-order valence-corrected chi connectivity index (χ2v) is 9.94. The number of hydrogen-bond donors (Lipinski definition) is 2. The third kappa shape index (κ3) is 3.07. The Kier molecular flexibility index (Phi) is 4.83. The molecule has 5 nitrogen and oxygen atoms in total. The van der Waals surface area contributed by atoms with Gasteiger partial charge >= 0.3 is 0 Å². The van der Waals surface area contributed by atoms with Crippen LogP contribution < -0.4 is 10.2 Å². The molecule has 1 atom stereocenters. The summed E-state index contributed by atoms with van der Waals surface area (Å²) < 4.78 is 0. The van der Waals surface area contributed by atoms with E-state index >= 15 is 0 Å². The lowest BCUT2D eigenvalue weighted by Gasteiger charge is -2.26. The first-order valence-corrected chi connectivity index (χ1v) is 11.8. The van der Waals surface area contributed by atoms with E-state index in [4.69, 9.17) is 28.2 Å². The number of thiophene rings is 1. The topological polar surface area (TPSA) is 65.5 Å². The molecule has 0 spiro atoms. The largest absolute Gasteiger partial charge is 0.371 e. The van der Waals surface area contributed by atoms with Crippen LogP contribution in [0.25, 0.3) is 10.6 Å². The van der Waals surface area contributed by atoms with Crippen LogP contribution in [-0.4, -0.2) is 29.1 Å². The van der Waals surface area contributed by atoms with Gasteiger partial charge in [-0.15, -0.1) is 11.3 Å². The van der Waals surface area contributed by atoms with Crippen LogP contribution in [0, 0.1) is 0 Å². The maximum atomic E-state index is 13.0. The fourth-order valence-electron chi connectivity index (χ4n) is 3.89. The molecule has 2 aliphatic heterocycles. The monoisotopic (exact) mass is 465 g/mol. The van der Waals surface area contributed by atoms with Gasteiger partial charge in [0.05, 0.1) is 20.5 Å². The maximum absolute atomic E-state index is 13.0. The van der Waals surface area contributed by atoms with Crippen LogP contribution >= 0.6 is 45.9 Å². The Bertz CT molecular complexity index is 1090. The molecule has 29 heavy (non-hydrogen) atoms. The summed E-state index contributed by atoms with van der Waals surface area (Å²) in [4.78, 5) is 21.5. The Morgan fingerprint density at radius 3 is 2.72 bits per heavy atom. The zero-order chi connectivity index (χ0) is 20.2. The fraction of sp³-hybridized carbons (Fsp3) is 0.300. The molecule has 0 unspecified atom stereocenters. The van der Waals surface area contributed by atoms with Gasteiger partial charge in [-0.25, -0.2) is 4.98 Å². The highest BCUT2D eigenvalue weighted by atomic mass is 35.5. The Balaban J connectivity index is 1.71. The number of carbonyl (C=O) groups excluding carboxylic acids is 1. The van der Waals surface area contributed by atoms with E-state index < -0.39 is 11.5 Å². The average molecular weight is 466 g/mol. The van der Waals surface area contributed by atoms with Gasteiger partial charge < -0.3 is 15.3 Å². The minimum absolute atomic E-state index is 0.301. The second kappa shape index (κ2) is 7.25. The predicted molar refractivity (Wildman–Crippen MR) is 120 cm³/mol. The maximum Gasteiger partial charge on any atom is 0.266 e. The third-order valence-corrected chi connectivity index (χ3v) is 7.96. The normalized spacial score (nSPS) is 21.3. The number of aromatic nitrogens is 1. The average Bonchev–Trinajstić information content (AvgIpc) is 3.43. The Morgan fingerprint density at radius 2 is 2.00 bits per heavy atom. The van der Waals surface area contributed by atoms with Gasteiger partial charge in [-0.2, -0.15) is 0 Å². The molecule has 3 aromatic rings. The summed E-state index contributed by atoms with van der Waals surface area (Å²) in [5.74, 6) is -0.539. The van der Waals surface area contributed by atoms with Crippen molar-refractivity contribution >= 4 is 62.6 Å². The fourth-order valence-corrected chi connectivity index (χ4v) is 6.45. The highest BCUT2D eigenvalue weighted by Crippen LogP contribution is 2.51. The number of hydrogen-bond acceptors (Lipinski definition) is 6. The molecule has 1 aromatic carbocycles. The zero-order valence-corrected chi connectivity index (χ0v) is 18.4. The van der Waals surface area contributed by atoms with Gasteiger partial charge in [-0.3, -0.25) is 4.79 Å². The SMILES string of the molecule is O=C1Nc2c(Cl)cc(Cl)cc2[C@]1(O)c1sc(N2CCCCC2)nc1-c1cccs1. The number of benzene rings is 1. The first kappa shape index (κ1) is 19.3. The zero-order valence-electron chi connectivity index (χ0n) is 15.2. The number of nitrogens with one attached hydrogen (secondary N) is 1. The summed E-state index contributed by atoms with van der Waals surface area (Å²) in [5.41, 5.74) is -0.498. The van der Waals surface area contributed by atoms with E-state index in [0.717, 1.165) is 35.9 Å². The highest BCUT2D eigenvalue weighted by molar-refractivity contribution is 7.17. The second-order valence-electron chi connectivity index (χ2n) is 7.17. The van der Waals surface area contributed by atoms with Crippen LogP contribution in [0.3, 0.4) is 0 Å². The van der Waals surface area contributed by atoms with Crippen molar-refractivity contribution in [2.45, 2.75) is 24.9 Å². The minimum Gasteiger partial charge on any atom is -0.371 e. The summed E-state index contributed by atoms with van der Waals surface area (Å²) in [7, 11) is 0. The van der Waals surface area contributed by atoms with Crippen LogP contribution in [-0.2, 0) is 10.4 Å². The lowest BCUT2D eigenvalue weighted by Crippen LogP contribution is -2.35. The van der Waals surface area contributed by atoms with E-state index in [-0.39, 0.29) is 0 Å². The van der Waals surface area contributed by atoms with Crippen molar-refractivity contribution in [2.24, 2.45) is 0 Å². The molecule has 9 heteroatoms. The Hall–Kier alpha value is -1.64. The number of amides is 1. The number of rotatable bonds is 3. The van der Waals surface area contributed by atoms with Crippen LogP contribution in [0.4, 0.5) is 10.8 Å². The van der Waals surface area contributed by atoms with Crippen molar-refractivity contribution in [1.82, 2.24) is 4.98 Å². The molecule has 0 aliphatic carbocycles. The van der Waals surface area contributed by atoms with E-state index in [9.17, 15) is 9.90 Å². The van der Waals surface area contributed by atoms with Crippen molar-refractivity contribution in [3.8, 4) is 10.6 Å². The van der Waals surface area contributed by atoms with Gasteiger partial charge in [-0.1, -0.05) is 40.6 Å². The highest BCUT2D eigenvalue weighted by Gasteiger charge is 2.51. The summed E-state index contributed by atoms with van der Waals surface area (Å²) in [5, 5.41) is 17.9. The van der Waals surface area contributed by atoms with E-state index in [1.165, 1.54) is 29.1 Å². The lowest BCUT2D eigenvalue weighted by atomic mass is 9.92. The summed E-state index contributed by atoms with van der Waals surface area (Å²) in [6, 6.07) is 7.04. The van der Waals surface area contributed by atoms with E-state index in [1.54, 1.807) is 12.1 Å². The number of nitrogens with zero attached hydrogens (tertiary/aromatic N) is 2. The van der Waals surface area contributed by atoms with Crippen molar-refractivity contribution < 1.29 is 9.90 Å². The predicted octanol–water partition coefficient (Wildman–Crippen LogP) is 5.36. The van der Waals surface area contributed by atoms with Crippen molar-refractivity contribution in [2.75, 3.05) is 23.3 Å². The van der Waals surface area contributed by atoms with Crippen molar-refractivity contribution in [1.29, 1.82) is 0 Å². The van der Waals surface area contributed by atoms with Crippen molar-refractivity contribution in [3.05, 3.63) is 50.1 Å². The standard InChI is InChI=1S/C20H17Cl2N3O2S2/c21-11-9-12-15(13(22)10-11)23-18(26)20(12,27)17-16(14-5-4-8-28-14)24-19(29-17)25-6-2-1-3-7-25/h4-5,8-10,27H,1-3,6-7H2,(H,23,26)/t20-/m0/s1. The number of aliphatic hydroxyl groups is 1. The molecule has 1 saturated heterocycles. The number of halogens is 2. The Morgan fingerprint density at radius 1 is 1.21 bits per heavy atom. The summed E-state index contributed by atoms with van der Waals surface area (Å²) in [6.45, 7) is 1.85. The number of anilines is 2. The smallest absolute Gasteiger partial charge is 0.266 e. The van der Waals surface area contributed by atoms with Crippen LogP contribution in [0.1, 0.15) is 29.7 Å². The van der Waals surface area contributed by atoms with Crippen LogP contribution in [0.2, 0.25) is 10.0 Å². The van der Waals surface area contributed by atoms with Gasteiger partial charge in [0.15, 0.2) is 5.13 Å². The molecule has 1 fully saturated rings. The van der Waals surface area contributed by atoms with Gasteiger partial charge in [0, 0.05) is 23.7 Å². The summed E-state index contributed by atoms with van der Waals surface area (Å²) >= 11 is 15.4. The quantitative estimate of drug-likeness (QED) is 0.546. The first-order valence-electron chi connectivity index (χ1n) is 9.32. The van der Waals surface area contributed by atoms with E-state index in [0.29, 0.717) is 31.9 Å². The molecule has 0 radical (unpaired) electrons. The van der Waals surface area contributed by atoms with Gasteiger partial charge in [0.1, 0.15) is 5.69 Å². The number of thiazole rings is 1. The van der Waals surface area contributed by atoms with Crippen LogP contribution in [0.15, 0.2) is 29.6 Å². The molecule has 5 rings (SSSR count). The Labute approximate surface area is 185 Å². The lowest BCUT2D eigenvalue weighted by molar-refractivity contribution is -0.129. The molecule has 2 N–H and O–H groups in total. The van der Waals surface area contributed by atoms with Gasteiger partial charge in [-0.05, 0) is 42.8 Å². The van der Waals surface area contributed by atoms with E-state index in [2.05, 4.69) is 10.2 Å². The number of fused-ring (bicyclic) bond motifs is 1. The molecule has 150 valence electrons. The minimum atomic E-state index is -1.89. The number of piperidine rings is 1. The molecular weight excluding hydrogens is 449 g/mol. The molecule has 0 saturated carbocycles. The third-order valence-electron chi connectivity index (χ3n) is 5.34. The summed E-state index contributed by atoms with van der Waals surface area (Å²) in [6.07, 6.45) is 3.44. The molecule has 2 aromatic heterocycles.